The van der Waals surface area contributed by atoms with E-state index in [4.69, 9.17) is 0 Å². The Morgan fingerprint density at radius 2 is 2.29 bits per heavy atom. The van der Waals surface area contributed by atoms with Gasteiger partial charge in [0, 0.05) is 23.6 Å². The SMILES string of the molecule is O=C(CBr)NCCc1c[nH]c2ccc(F)cc12. The van der Waals surface area contributed by atoms with E-state index in [2.05, 4.69) is 26.2 Å². The second kappa shape index (κ2) is 5.31. The average Bonchev–Trinajstić information content (AvgIpc) is 2.72. The van der Waals surface area contributed by atoms with Crippen molar-refractivity contribution in [2.45, 2.75) is 6.42 Å². The second-order valence-electron chi connectivity index (χ2n) is 3.74. The molecule has 0 spiro atoms. The highest BCUT2D eigenvalue weighted by atomic mass is 79.9. The molecule has 17 heavy (non-hydrogen) atoms. The van der Waals surface area contributed by atoms with E-state index in [0.717, 1.165) is 16.5 Å². The van der Waals surface area contributed by atoms with Gasteiger partial charge in [0.2, 0.25) is 5.91 Å². The van der Waals surface area contributed by atoms with Gasteiger partial charge in [0.25, 0.3) is 0 Å². The molecular weight excluding hydrogens is 287 g/mol. The molecule has 1 aromatic carbocycles. The van der Waals surface area contributed by atoms with Gasteiger partial charge in [-0.3, -0.25) is 4.79 Å². The van der Waals surface area contributed by atoms with E-state index < -0.39 is 0 Å². The van der Waals surface area contributed by atoms with Gasteiger partial charge in [-0.1, -0.05) is 15.9 Å². The number of alkyl halides is 1. The van der Waals surface area contributed by atoms with E-state index >= 15 is 0 Å². The molecule has 1 amide bonds. The Bertz CT molecular complexity index is 538. The first kappa shape index (κ1) is 12.1. The summed E-state index contributed by atoms with van der Waals surface area (Å²) in [5.74, 6) is -0.293. The smallest absolute Gasteiger partial charge is 0.230 e. The summed E-state index contributed by atoms with van der Waals surface area (Å²) >= 11 is 3.08. The lowest BCUT2D eigenvalue weighted by molar-refractivity contribution is -0.118. The minimum absolute atomic E-state index is 0.0454. The van der Waals surface area contributed by atoms with E-state index in [1.807, 2.05) is 6.20 Å². The lowest BCUT2D eigenvalue weighted by Crippen LogP contribution is -2.26. The number of halogens is 2. The third-order valence-electron chi connectivity index (χ3n) is 2.57. The van der Waals surface area contributed by atoms with Crippen LogP contribution in [-0.4, -0.2) is 22.8 Å². The predicted molar refractivity (Wildman–Crippen MR) is 68.8 cm³/mol. The number of carbonyl (C=O) groups excluding carboxylic acids is 1. The third kappa shape index (κ3) is 2.85. The quantitative estimate of drug-likeness (QED) is 0.836. The molecule has 2 rings (SSSR count). The van der Waals surface area contributed by atoms with Crippen LogP contribution in [0.5, 0.6) is 0 Å². The lowest BCUT2D eigenvalue weighted by Gasteiger charge is -2.02. The van der Waals surface area contributed by atoms with Crippen LogP contribution in [-0.2, 0) is 11.2 Å². The molecule has 3 nitrogen and oxygen atoms in total. The number of hydrogen-bond donors (Lipinski definition) is 2. The molecule has 2 N–H and O–H groups in total. The summed E-state index contributed by atoms with van der Waals surface area (Å²) in [5.41, 5.74) is 1.92. The number of fused-ring (bicyclic) bond motifs is 1. The number of H-pyrrole nitrogens is 1. The predicted octanol–water partition coefficient (Wildman–Crippen LogP) is 2.36. The maximum absolute atomic E-state index is 13.1. The molecular formula is C12H12BrFN2O. The lowest BCUT2D eigenvalue weighted by atomic mass is 10.1. The standard InChI is InChI=1S/C12H12BrFN2O/c13-6-12(17)15-4-3-8-7-16-11-2-1-9(14)5-10(8)11/h1-2,5,7,16H,3-4,6H2,(H,15,17). The Morgan fingerprint density at radius 1 is 1.47 bits per heavy atom. The topological polar surface area (TPSA) is 44.9 Å². The van der Waals surface area contributed by atoms with Crippen molar-refractivity contribution in [2.75, 3.05) is 11.9 Å². The van der Waals surface area contributed by atoms with Gasteiger partial charge < -0.3 is 10.3 Å². The second-order valence-corrected chi connectivity index (χ2v) is 4.30. The first-order chi connectivity index (χ1) is 8.20. The van der Waals surface area contributed by atoms with Gasteiger partial charge in [-0.25, -0.2) is 4.39 Å². The van der Waals surface area contributed by atoms with Crippen LogP contribution in [0.4, 0.5) is 4.39 Å². The van der Waals surface area contributed by atoms with Gasteiger partial charge in [-0.2, -0.15) is 0 Å². The molecule has 1 aromatic heterocycles. The summed E-state index contributed by atoms with van der Waals surface area (Å²) in [5, 5.41) is 3.93. The zero-order chi connectivity index (χ0) is 12.3. The molecule has 0 unspecified atom stereocenters. The van der Waals surface area contributed by atoms with Crippen molar-refractivity contribution < 1.29 is 9.18 Å². The molecule has 5 heteroatoms. The maximum Gasteiger partial charge on any atom is 0.230 e. The molecule has 1 heterocycles. The summed E-state index contributed by atoms with van der Waals surface area (Å²) in [6.07, 6.45) is 2.53. The number of rotatable bonds is 4. The number of aromatic nitrogens is 1. The van der Waals surface area contributed by atoms with Gasteiger partial charge in [-0.05, 0) is 30.2 Å². The van der Waals surface area contributed by atoms with Crippen LogP contribution in [0, 0.1) is 5.82 Å². The summed E-state index contributed by atoms with van der Waals surface area (Å²) in [7, 11) is 0. The Balaban J connectivity index is 2.08. The molecule has 2 aromatic rings. The van der Waals surface area contributed by atoms with Crippen molar-refractivity contribution >= 4 is 32.7 Å². The van der Waals surface area contributed by atoms with Gasteiger partial charge in [0.05, 0.1) is 5.33 Å². The van der Waals surface area contributed by atoms with E-state index in [1.54, 1.807) is 6.07 Å². The third-order valence-corrected chi connectivity index (χ3v) is 3.08. The van der Waals surface area contributed by atoms with Crippen molar-refractivity contribution in [3.05, 3.63) is 35.8 Å². The minimum Gasteiger partial charge on any atom is -0.361 e. The van der Waals surface area contributed by atoms with Crippen LogP contribution in [0.2, 0.25) is 0 Å². The summed E-state index contributed by atoms with van der Waals surface area (Å²) in [6, 6.07) is 4.65. The van der Waals surface area contributed by atoms with E-state index in [-0.39, 0.29) is 11.7 Å². The first-order valence-corrected chi connectivity index (χ1v) is 6.41. The largest absolute Gasteiger partial charge is 0.361 e. The highest BCUT2D eigenvalue weighted by molar-refractivity contribution is 9.09. The maximum atomic E-state index is 13.1. The summed E-state index contributed by atoms with van der Waals surface area (Å²) < 4.78 is 13.1. The van der Waals surface area contributed by atoms with Crippen molar-refractivity contribution in [3.63, 3.8) is 0 Å². The van der Waals surface area contributed by atoms with Crippen LogP contribution in [0.15, 0.2) is 24.4 Å². The zero-order valence-electron chi connectivity index (χ0n) is 9.09. The van der Waals surface area contributed by atoms with Crippen LogP contribution < -0.4 is 5.32 Å². The Morgan fingerprint density at radius 3 is 3.06 bits per heavy atom. The van der Waals surface area contributed by atoms with Crippen LogP contribution in [0.25, 0.3) is 10.9 Å². The molecule has 0 saturated heterocycles. The number of benzene rings is 1. The first-order valence-electron chi connectivity index (χ1n) is 5.29. The molecule has 0 atom stereocenters. The Hall–Kier alpha value is -1.36. The Labute approximate surface area is 107 Å². The molecule has 0 aliphatic carbocycles. The normalized spacial score (nSPS) is 10.7. The molecule has 0 radical (unpaired) electrons. The van der Waals surface area contributed by atoms with Crippen molar-refractivity contribution in [1.82, 2.24) is 10.3 Å². The van der Waals surface area contributed by atoms with Crippen molar-refractivity contribution in [1.29, 1.82) is 0 Å². The molecule has 0 saturated carbocycles. The van der Waals surface area contributed by atoms with Crippen LogP contribution in [0.3, 0.4) is 0 Å². The van der Waals surface area contributed by atoms with Crippen LogP contribution >= 0.6 is 15.9 Å². The van der Waals surface area contributed by atoms with Crippen molar-refractivity contribution in [2.24, 2.45) is 0 Å². The van der Waals surface area contributed by atoms with Gasteiger partial charge >= 0.3 is 0 Å². The molecule has 0 aliphatic heterocycles. The fourth-order valence-corrected chi connectivity index (χ4v) is 1.94. The fourth-order valence-electron chi connectivity index (χ4n) is 1.74. The van der Waals surface area contributed by atoms with E-state index in [0.29, 0.717) is 18.3 Å². The number of amides is 1. The van der Waals surface area contributed by atoms with Gasteiger partial charge in [0.1, 0.15) is 5.82 Å². The zero-order valence-corrected chi connectivity index (χ0v) is 10.7. The number of hydrogen-bond acceptors (Lipinski definition) is 1. The van der Waals surface area contributed by atoms with Gasteiger partial charge in [-0.15, -0.1) is 0 Å². The summed E-state index contributed by atoms with van der Waals surface area (Å²) in [6.45, 7) is 0.550. The number of nitrogens with one attached hydrogen (secondary N) is 2. The van der Waals surface area contributed by atoms with E-state index in [1.165, 1.54) is 12.1 Å². The highest BCUT2D eigenvalue weighted by Crippen LogP contribution is 2.19. The highest BCUT2D eigenvalue weighted by Gasteiger charge is 2.05. The van der Waals surface area contributed by atoms with E-state index in [9.17, 15) is 9.18 Å². The molecule has 90 valence electrons. The average molecular weight is 299 g/mol. The molecule has 0 bridgehead atoms. The molecule has 0 aliphatic rings. The minimum atomic E-state index is -0.247. The van der Waals surface area contributed by atoms with Crippen molar-refractivity contribution in [3.8, 4) is 0 Å². The molecule has 0 fully saturated rings. The van der Waals surface area contributed by atoms with Gasteiger partial charge in [0.15, 0.2) is 0 Å². The number of aromatic amines is 1. The fraction of sp³-hybridized carbons (Fsp3) is 0.250. The monoisotopic (exact) mass is 298 g/mol. The van der Waals surface area contributed by atoms with Crippen LogP contribution in [0.1, 0.15) is 5.56 Å². The number of carbonyl (C=O) groups is 1. The Kier molecular flexibility index (Phi) is 3.78. The summed E-state index contributed by atoms with van der Waals surface area (Å²) in [4.78, 5) is 14.1.